The SMILES string of the molecule is C[C@@H]1C[C@H]2[C@@H]3C[C@H](F)C4=CC(=O)C=C[C@]4(C)[C@@]3(F)[C@@H](O)C[C@]2(C)[C@@]1(O)C(=O)CO.Nc1ncc2ncn(COCCO)c2n1. The average molecular weight is 620 g/mol. The number of aliphatic hydroxyl groups is 4. The van der Waals surface area contributed by atoms with Crippen LogP contribution in [0.4, 0.5) is 14.7 Å². The summed E-state index contributed by atoms with van der Waals surface area (Å²) in [4.78, 5) is 36.3. The zero-order chi connectivity index (χ0) is 32.2. The Labute approximate surface area is 252 Å². The number of halogens is 2. The van der Waals surface area contributed by atoms with Crippen molar-refractivity contribution in [3.63, 3.8) is 0 Å². The van der Waals surface area contributed by atoms with Crippen molar-refractivity contribution in [1.82, 2.24) is 19.5 Å². The zero-order valence-corrected chi connectivity index (χ0v) is 24.9. The van der Waals surface area contributed by atoms with Crippen molar-refractivity contribution in [3.05, 3.63) is 36.3 Å². The smallest absolute Gasteiger partial charge is 0.222 e. The minimum atomic E-state index is -2.24. The van der Waals surface area contributed by atoms with E-state index in [0.29, 0.717) is 11.2 Å². The van der Waals surface area contributed by atoms with Gasteiger partial charge in [-0.3, -0.25) is 14.2 Å². The molecule has 0 unspecified atom stereocenters. The Kier molecular flexibility index (Phi) is 8.29. The fourth-order valence-electron chi connectivity index (χ4n) is 8.44. The summed E-state index contributed by atoms with van der Waals surface area (Å²) in [7, 11) is 0. The van der Waals surface area contributed by atoms with Gasteiger partial charge in [-0.15, -0.1) is 0 Å². The predicted molar refractivity (Wildman–Crippen MR) is 153 cm³/mol. The molecule has 3 fully saturated rings. The topological polar surface area (TPSA) is 194 Å². The Balaban J connectivity index is 0.000000215. The summed E-state index contributed by atoms with van der Waals surface area (Å²) >= 11 is 0. The van der Waals surface area contributed by atoms with E-state index in [1.54, 1.807) is 30.9 Å². The minimum absolute atomic E-state index is 0.0102. The van der Waals surface area contributed by atoms with Gasteiger partial charge in [0.1, 0.15) is 30.6 Å². The first-order valence-electron chi connectivity index (χ1n) is 14.6. The van der Waals surface area contributed by atoms with Crippen LogP contribution in [0.3, 0.4) is 0 Å². The van der Waals surface area contributed by atoms with E-state index in [2.05, 4.69) is 15.0 Å². The maximum Gasteiger partial charge on any atom is 0.222 e. The molecule has 6 rings (SSSR count). The molecular formula is C30H39F2N5O7. The van der Waals surface area contributed by atoms with Gasteiger partial charge in [-0.2, -0.15) is 4.98 Å². The highest BCUT2D eigenvalue weighted by molar-refractivity contribution is 6.01. The minimum Gasteiger partial charge on any atom is -0.394 e. The highest BCUT2D eigenvalue weighted by atomic mass is 19.1. The molecule has 0 saturated heterocycles. The van der Waals surface area contributed by atoms with E-state index in [0.717, 1.165) is 6.08 Å². The number of nitrogens with zero attached hydrogens (tertiary/aromatic N) is 4. The molecule has 2 heterocycles. The van der Waals surface area contributed by atoms with Crippen LogP contribution < -0.4 is 5.73 Å². The van der Waals surface area contributed by atoms with Crippen LogP contribution in [0.25, 0.3) is 11.2 Å². The lowest BCUT2D eigenvalue weighted by atomic mass is 9.44. The van der Waals surface area contributed by atoms with Crippen LogP contribution in [0.5, 0.6) is 0 Å². The molecular weight excluding hydrogens is 580 g/mol. The van der Waals surface area contributed by atoms with Crippen LogP contribution in [0.2, 0.25) is 0 Å². The van der Waals surface area contributed by atoms with Gasteiger partial charge in [0.15, 0.2) is 22.9 Å². The van der Waals surface area contributed by atoms with E-state index in [4.69, 9.17) is 15.6 Å². The van der Waals surface area contributed by atoms with Gasteiger partial charge in [0, 0.05) is 16.7 Å². The number of hydrogen-bond acceptors (Lipinski definition) is 11. The number of nitrogen functional groups attached to an aromatic ring is 1. The number of fused-ring (bicyclic) bond motifs is 6. The number of carbonyl (C=O) groups is 2. The van der Waals surface area contributed by atoms with Gasteiger partial charge < -0.3 is 30.9 Å². The predicted octanol–water partition coefficient (Wildman–Crippen LogP) is 1.22. The lowest BCUT2D eigenvalue weighted by Gasteiger charge is -2.63. The van der Waals surface area contributed by atoms with Gasteiger partial charge in [-0.05, 0) is 55.7 Å². The highest BCUT2D eigenvalue weighted by Crippen LogP contribution is 2.70. The first-order valence-corrected chi connectivity index (χ1v) is 14.6. The monoisotopic (exact) mass is 619 g/mol. The number of ketones is 2. The number of alkyl halides is 2. The number of Topliss-reactive ketones (excluding diaryl/α,β-unsaturated/α-hetero) is 1. The number of carbonyl (C=O) groups excluding carboxylic acids is 2. The maximum absolute atomic E-state index is 16.9. The molecule has 2 aromatic heterocycles. The summed E-state index contributed by atoms with van der Waals surface area (Å²) in [6.07, 6.45) is 3.58. The molecule has 9 atom stereocenters. The van der Waals surface area contributed by atoms with E-state index in [-0.39, 0.29) is 50.7 Å². The van der Waals surface area contributed by atoms with Crippen molar-refractivity contribution in [2.75, 3.05) is 25.6 Å². The van der Waals surface area contributed by atoms with Gasteiger partial charge >= 0.3 is 0 Å². The number of ether oxygens (including phenoxy) is 1. The molecule has 6 N–H and O–H groups in total. The fraction of sp³-hybridized carbons (Fsp3) is 0.633. The molecule has 0 aromatic carbocycles. The lowest BCUT2D eigenvalue weighted by Crippen LogP contribution is -2.70. The molecule has 3 saturated carbocycles. The van der Waals surface area contributed by atoms with Crippen molar-refractivity contribution in [1.29, 1.82) is 0 Å². The lowest BCUT2D eigenvalue weighted by molar-refractivity contribution is -0.223. The number of aromatic nitrogens is 4. The van der Waals surface area contributed by atoms with Crippen LogP contribution in [0, 0.1) is 28.6 Å². The molecule has 2 aromatic rings. The molecule has 0 radical (unpaired) electrons. The standard InChI is InChI=1S/C22H28F2O5.C8H11N5O2/c1-11-6-13-14-8-16(23)15-7-12(26)4-5-19(15,2)21(14,24)17(27)9-20(13,3)22(11,29)18(28)10-25;9-8-10-3-6-7(12-8)13(4-11-6)5-15-2-1-14/h4-5,7,11,13-14,16-17,25,27,29H,6,8-10H2,1-3H3;3-4,14H,1-2,5H2,(H2,9,10,12)/t11-,13+,14+,16+,17+,19+,20+,21+,22+;/m1./s1. The van der Waals surface area contributed by atoms with Crippen molar-refractivity contribution >= 4 is 28.7 Å². The third-order valence-corrected chi connectivity index (χ3v) is 10.6. The second kappa shape index (κ2) is 11.3. The third kappa shape index (κ3) is 4.52. The molecule has 0 aliphatic heterocycles. The van der Waals surface area contributed by atoms with Gasteiger partial charge in [0.2, 0.25) is 5.95 Å². The normalized spacial score (nSPS) is 39.2. The Morgan fingerprint density at radius 1 is 1.23 bits per heavy atom. The number of imidazole rings is 1. The van der Waals surface area contributed by atoms with E-state index in [1.165, 1.54) is 19.1 Å². The van der Waals surface area contributed by atoms with Crippen molar-refractivity contribution < 1.29 is 43.5 Å². The molecule has 12 nitrogen and oxygen atoms in total. The quantitative estimate of drug-likeness (QED) is 0.292. The van der Waals surface area contributed by atoms with Gasteiger partial charge in [0.05, 0.1) is 31.8 Å². The summed E-state index contributed by atoms with van der Waals surface area (Å²) in [6, 6.07) is 0. The maximum atomic E-state index is 16.9. The molecule has 0 bridgehead atoms. The summed E-state index contributed by atoms with van der Waals surface area (Å²) in [5, 5.41) is 40.4. The second-order valence-corrected chi connectivity index (χ2v) is 12.8. The number of aliphatic hydroxyl groups excluding tert-OH is 3. The van der Waals surface area contributed by atoms with E-state index < -0.39 is 70.3 Å². The number of hydrogen-bond donors (Lipinski definition) is 5. The van der Waals surface area contributed by atoms with E-state index >= 15 is 8.78 Å². The Hall–Kier alpha value is -3.17. The Morgan fingerprint density at radius 3 is 2.64 bits per heavy atom. The number of allylic oxidation sites excluding steroid dienone is 4. The highest BCUT2D eigenvalue weighted by Gasteiger charge is 2.76. The summed E-state index contributed by atoms with van der Waals surface area (Å²) in [5.74, 6) is -3.04. The Bertz CT molecular complexity index is 1520. The average Bonchev–Trinajstić information content (AvgIpc) is 3.47. The van der Waals surface area contributed by atoms with E-state index in [1.807, 2.05) is 0 Å². The molecule has 4 aliphatic carbocycles. The third-order valence-electron chi connectivity index (χ3n) is 10.6. The second-order valence-electron chi connectivity index (χ2n) is 12.8. The summed E-state index contributed by atoms with van der Waals surface area (Å²) in [5.41, 5.74) is -0.0563. The molecule has 4 aliphatic rings. The molecule has 44 heavy (non-hydrogen) atoms. The first-order chi connectivity index (χ1) is 20.7. The van der Waals surface area contributed by atoms with Crippen LogP contribution in [-0.2, 0) is 21.1 Å². The summed E-state index contributed by atoms with van der Waals surface area (Å²) < 4.78 is 38.9. The molecule has 0 spiro atoms. The molecule has 14 heteroatoms. The van der Waals surface area contributed by atoms with E-state index in [9.17, 15) is 24.9 Å². The van der Waals surface area contributed by atoms with Crippen LogP contribution in [-0.4, -0.2) is 94.9 Å². The largest absolute Gasteiger partial charge is 0.394 e. The van der Waals surface area contributed by atoms with Crippen molar-refractivity contribution in [3.8, 4) is 0 Å². The first kappa shape index (κ1) is 32.2. The summed E-state index contributed by atoms with van der Waals surface area (Å²) in [6.45, 7) is 4.52. The zero-order valence-electron chi connectivity index (χ0n) is 24.9. The Morgan fingerprint density at radius 2 is 1.95 bits per heavy atom. The van der Waals surface area contributed by atoms with Crippen molar-refractivity contribution in [2.24, 2.45) is 28.6 Å². The number of nitrogens with two attached hydrogens (primary N) is 1. The molecule has 0 amide bonds. The van der Waals surface area contributed by atoms with Crippen LogP contribution in [0.15, 0.2) is 36.3 Å². The van der Waals surface area contributed by atoms with Crippen molar-refractivity contribution in [2.45, 2.75) is 70.3 Å². The fourth-order valence-corrected chi connectivity index (χ4v) is 8.44. The van der Waals surface area contributed by atoms with Gasteiger partial charge in [0.25, 0.3) is 0 Å². The number of anilines is 1. The van der Waals surface area contributed by atoms with Gasteiger partial charge in [-0.25, -0.2) is 18.7 Å². The van der Waals surface area contributed by atoms with Crippen LogP contribution in [0.1, 0.15) is 40.0 Å². The van der Waals surface area contributed by atoms with Crippen LogP contribution >= 0.6 is 0 Å². The number of rotatable bonds is 6. The van der Waals surface area contributed by atoms with Gasteiger partial charge in [-0.1, -0.05) is 19.9 Å². The molecule has 240 valence electrons.